The molecule has 1 N–H and O–H groups in total. The van der Waals surface area contributed by atoms with E-state index in [1.54, 1.807) is 6.92 Å². The summed E-state index contributed by atoms with van der Waals surface area (Å²) in [6, 6.07) is 2.16. The second kappa shape index (κ2) is 6.39. The van der Waals surface area contributed by atoms with Gasteiger partial charge in [0.25, 0.3) is 0 Å². The summed E-state index contributed by atoms with van der Waals surface area (Å²) in [5.74, 6) is -1.13. The standard InChI is InChI=1S/C14H19F3N2/c1-10-2-3-11(16)13(14(10)17)12(4-5-15)19-8-6-18-7-9-19/h2-3,12,18H,4-9H2,1H3/t12-/m0/s1. The van der Waals surface area contributed by atoms with Crippen molar-refractivity contribution in [2.45, 2.75) is 19.4 Å². The predicted octanol–water partition coefficient (Wildman–Crippen LogP) is 2.58. The van der Waals surface area contributed by atoms with Gasteiger partial charge in [0.1, 0.15) is 11.6 Å². The summed E-state index contributed by atoms with van der Waals surface area (Å²) >= 11 is 0. The van der Waals surface area contributed by atoms with E-state index in [1.165, 1.54) is 12.1 Å². The van der Waals surface area contributed by atoms with Crippen molar-refractivity contribution >= 4 is 0 Å². The van der Waals surface area contributed by atoms with E-state index in [-0.39, 0.29) is 12.0 Å². The van der Waals surface area contributed by atoms with Gasteiger partial charge in [0.2, 0.25) is 0 Å². The first-order valence-electron chi connectivity index (χ1n) is 6.60. The van der Waals surface area contributed by atoms with Crippen LogP contribution in [0.3, 0.4) is 0 Å². The molecular formula is C14H19F3N2. The van der Waals surface area contributed by atoms with Crippen molar-refractivity contribution in [1.82, 2.24) is 10.2 Å². The minimum Gasteiger partial charge on any atom is -0.314 e. The molecular weight excluding hydrogens is 253 g/mol. The Morgan fingerprint density at radius 3 is 2.58 bits per heavy atom. The van der Waals surface area contributed by atoms with Crippen molar-refractivity contribution in [1.29, 1.82) is 0 Å². The molecule has 0 amide bonds. The van der Waals surface area contributed by atoms with Gasteiger partial charge in [-0.2, -0.15) is 0 Å². The van der Waals surface area contributed by atoms with Gasteiger partial charge in [-0.25, -0.2) is 8.78 Å². The van der Waals surface area contributed by atoms with Crippen molar-refractivity contribution < 1.29 is 13.2 Å². The van der Waals surface area contributed by atoms with Gasteiger partial charge < -0.3 is 5.32 Å². The van der Waals surface area contributed by atoms with E-state index in [9.17, 15) is 13.2 Å². The zero-order chi connectivity index (χ0) is 13.8. The van der Waals surface area contributed by atoms with Crippen molar-refractivity contribution in [3.05, 3.63) is 34.9 Å². The summed E-state index contributed by atoms with van der Waals surface area (Å²) < 4.78 is 40.9. The minimum absolute atomic E-state index is 0.0135. The number of nitrogens with one attached hydrogen (secondary N) is 1. The van der Waals surface area contributed by atoms with Gasteiger partial charge in [-0.15, -0.1) is 0 Å². The third kappa shape index (κ3) is 3.09. The molecule has 1 aliphatic rings. The van der Waals surface area contributed by atoms with E-state index in [1.807, 2.05) is 4.90 Å². The summed E-state index contributed by atoms with van der Waals surface area (Å²) in [7, 11) is 0. The molecule has 1 aromatic carbocycles. The third-order valence-corrected chi connectivity index (χ3v) is 3.63. The molecule has 1 saturated heterocycles. The van der Waals surface area contributed by atoms with Gasteiger partial charge >= 0.3 is 0 Å². The third-order valence-electron chi connectivity index (χ3n) is 3.63. The lowest BCUT2D eigenvalue weighted by molar-refractivity contribution is 0.151. The highest BCUT2D eigenvalue weighted by atomic mass is 19.1. The number of nitrogens with zero attached hydrogens (tertiary/aromatic N) is 1. The van der Waals surface area contributed by atoms with E-state index in [0.29, 0.717) is 18.7 Å². The van der Waals surface area contributed by atoms with Crippen LogP contribution >= 0.6 is 0 Å². The average molecular weight is 272 g/mol. The van der Waals surface area contributed by atoms with Gasteiger partial charge in [0.05, 0.1) is 6.67 Å². The molecule has 0 aliphatic carbocycles. The number of halogens is 3. The molecule has 1 atom stereocenters. The highest BCUT2D eigenvalue weighted by Gasteiger charge is 2.27. The van der Waals surface area contributed by atoms with Crippen molar-refractivity contribution in [2.24, 2.45) is 0 Å². The Balaban J connectivity index is 2.35. The number of hydrogen-bond donors (Lipinski definition) is 1. The van der Waals surface area contributed by atoms with Gasteiger partial charge in [0, 0.05) is 37.8 Å². The average Bonchev–Trinajstić information content (AvgIpc) is 2.43. The molecule has 0 unspecified atom stereocenters. The van der Waals surface area contributed by atoms with Crippen LogP contribution in [0.25, 0.3) is 0 Å². The molecule has 0 bridgehead atoms. The van der Waals surface area contributed by atoms with Crippen LogP contribution in [0.4, 0.5) is 13.2 Å². The highest BCUT2D eigenvalue weighted by molar-refractivity contribution is 5.29. The maximum Gasteiger partial charge on any atom is 0.133 e. The Labute approximate surface area is 111 Å². The van der Waals surface area contributed by atoms with Crippen LogP contribution in [0.1, 0.15) is 23.6 Å². The van der Waals surface area contributed by atoms with Crippen LogP contribution in [0, 0.1) is 18.6 Å². The van der Waals surface area contributed by atoms with Crippen LogP contribution in [0.15, 0.2) is 12.1 Å². The Morgan fingerprint density at radius 1 is 1.26 bits per heavy atom. The Hall–Kier alpha value is -1.07. The largest absolute Gasteiger partial charge is 0.314 e. The predicted molar refractivity (Wildman–Crippen MR) is 68.9 cm³/mol. The van der Waals surface area contributed by atoms with Gasteiger partial charge in [-0.1, -0.05) is 6.07 Å². The van der Waals surface area contributed by atoms with Crippen LogP contribution in [0.2, 0.25) is 0 Å². The second-order valence-electron chi connectivity index (χ2n) is 4.87. The van der Waals surface area contributed by atoms with E-state index in [0.717, 1.165) is 13.1 Å². The fourth-order valence-electron chi connectivity index (χ4n) is 2.59. The summed E-state index contributed by atoms with van der Waals surface area (Å²) in [5.41, 5.74) is 0.412. The first kappa shape index (κ1) is 14.3. The molecule has 1 aliphatic heterocycles. The summed E-state index contributed by atoms with van der Waals surface area (Å²) in [6.45, 7) is 3.90. The van der Waals surface area contributed by atoms with E-state index in [4.69, 9.17) is 0 Å². The van der Waals surface area contributed by atoms with Crippen LogP contribution in [-0.2, 0) is 0 Å². The fourth-order valence-corrected chi connectivity index (χ4v) is 2.59. The lowest BCUT2D eigenvalue weighted by Crippen LogP contribution is -2.45. The van der Waals surface area contributed by atoms with E-state index in [2.05, 4.69) is 5.32 Å². The molecule has 0 radical (unpaired) electrons. The summed E-state index contributed by atoms with van der Waals surface area (Å²) in [6.07, 6.45) is 0.122. The van der Waals surface area contributed by atoms with Crippen molar-refractivity contribution in [3.63, 3.8) is 0 Å². The number of benzene rings is 1. The quantitative estimate of drug-likeness (QED) is 0.906. The zero-order valence-corrected chi connectivity index (χ0v) is 11.1. The number of alkyl halides is 1. The normalized spacial score (nSPS) is 18.5. The molecule has 0 saturated carbocycles. The Morgan fingerprint density at radius 2 is 1.95 bits per heavy atom. The molecule has 0 aromatic heterocycles. The zero-order valence-electron chi connectivity index (χ0n) is 11.1. The topological polar surface area (TPSA) is 15.3 Å². The summed E-state index contributed by atoms with van der Waals surface area (Å²) in [5, 5.41) is 3.18. The van der Waals surface area contributed by atoms with E-state index >= 15 is 0 Å². The smallest absolute Gasteiger partial charge is 0.133 e. The number of aryl methyl sites for hydroxylation is 1. The maximum atomic E-state index is 14.2. The molecule has 1 heterocycles. The van der Waals surface area contributed by atoms with Crippen LogP contribution in [-0.4, -0.2) is 37.8 Å². The highest BCUT2D eigenvalue weighted by Crippen LogP contribution is 2.30. The second-order valence-corrected chi connectivity index (χ2v) is 4.87. The molecule has 106 valence electrons. The molecule has 5 heteroatoms. The fraction of sp³-hybridized carbons (Fsp3) is 0.571. The first-order valence-corrected chi connectivity index (χ1v) is 6.60. The number of rotatable bonds is 4. The lowest BCUT2D eigenvalue weighted by Gasteiger charge is -2.35. The molecule has 1 aromatic rings. The first-order chi connectivity index (χ1) is 9.15. The molecule has 1 fully saturated rings. The molecule has 19 heavy (non-hydrogen) atoms. The van der Waals surface area contributed by atoms with Gasteiger partial charge in [-0.05, 0) is 25.0 Å². The monoisotopic (exact) mass is 272 g/mol. The number of piperazine rings is 1. The SMILES string of the molecule is Cc1ccc(F)c([C@H](CCF)N2CCNCC2)c1F. The van der Waals surface area contributed by atoms with Gasteiger partial charge in [-0.3, -0.25) is 9.29 Å². The summed E-state index contributed by atoms with van der Waals surface area (Å²) in [4.78, 5) is 1.96. The maximum absolute atomic E-state index is 14.2. The van der Waals surface area contributed by atoms with Crippen molar-refractivity contribution in [3.8, 4) is 0 Å². The van der Waals surface area contributed by atoms with Crippen LogP contribution < -0.4 is 5.32 Å². The Kier molecular flexibility index (Phi) is 4.82. The van der Waals surface area contributed by atoms with Crippen molar-refractivity contribution in [2.75, 3.05) is 32.9 Å². The van der Waals surface area contributed by atoms with Crippen LogP contribution in [0.5, 0.6) is 0 Å². The van der Waals surface area contributed by atoms with E-state index < -0.39 is 24.4 Å². The minimum atomic E-state index is -0.583. The molecule has 2 rings (SSSR count). The Bertz CT molecular complexity index is 431. The lowest BCUT2D eigenvalue weighted by atomic mass is 9.98. The van der Waals surface area contributed by atoms with Gasteiger partial charge in [0.15, 0.2) is 0 Å². The molecule has 0 spiro atoms. The number of hydrogen-bond acceptors (Lipinski definition) is 2. The molecule has 2 nitrogen and oxygen atoms in total.